The SMILES string of the molecule is CSCCC(NC(=O)CCSc1ccc(C)cc1)c1nnc2ccccn12. The van der Waals surface area contributed by atoms with E-state index in [1.807, 2.05) is 28.8 Å². The quantitative estimate of drug-likeness (QED) is 0.547. The highest BCUT2D eigenvalue weighted by molar-refractivity contribution is 7.99. The second kappa shape index (κ2) is 9.80. The Kier molecular flexibility index (Phi) is 7.18. The molecule has 1 amide bonds. The minimum Gasteiger partial charge on any atom is -0.346 e. The summed E-state index contributed by atoms with van der Waals surface area (Å²) in [5, 5.41) is 11.7. The number of aromatic nitrogens is 3. The second-order valence-corrected chi connectivity index (χ2v) is 8.45. The minimum atomic E-state index is -0.133. The number of benzene rings is 1. The lowest BCUT2D eigenvalue weighted by Gasteiger charge is -2.17. The number of carbonyl (C=O) groups excluding carboxylic acids is 1. The Morgan fingerprint density at radius 3 is 2.74 bits per heavy atom. The summed E-state index contributed by atoms with van der Waals surface area (Å²) >= 11 is 3.47. The van der Waals surface area contributed by atoms with E-state index in [0.717, 1.165) is 29.4 Å². The van der Waals surface area contributed by atoms with Gasteiger partial charge >= 0.3 is 0 Å². The zero-order valence-corrected chi connectivity index (χ0v) is 17.2. The van der Waals surface area contributed by atoms with Gasteiger partial charge in [-0.3, -0.25) is 9.20 Å². The molecule has 3 aromatic rings. The van der Waals surface area contributed by atoms with Crippen LogP contribution in [0.25, 0.3) is 5.65 Å². The summed E-state index contributed by atoms with van der Waals surface area (Å²) in [5.74, 6) is 2.54. The number of aryl methyl sites for hydroxylation is 1. The van der Waals surface area contributed by atoms with E-state index in [0.29, 0.717) is 6.42 Å². The maximum atomic E-state index is 12.5. The third-order valence-electron chi connectivity index (χ3n) is 4.22. The van der Waals surface area contributed by atoms with Crippen LogP contribution in [-0.4, -0.2) is 38.3 Å². The van der Waals surface area contributed by atoms with Crippen molar-refractivity contribution in [2.24, 2.45) is 0 Å². The Hall–Kier alpha value is -1.99. The van der Waals surface area contributed by atoms with E-state index in [-0.39, 0.29) is 11.9 Å². The Labute approximate surface area is 168 Å². The normalized spacial score (nSPS) is 12.2. The molecule has 0 saturated heterocycles. The number of nitrogens with one attached hydrogen (secondary N) is 1. The fraction of sp³-hybridized carbons (Fsp3) is 0.350. The molecule has 1 atom stereocenters. The van der Waals surface area contributed by atoms with Crippen LogP contribution in [0.3, 0.4) is 0 Å². The van der Waals surface area contributed by atoms with Crippen molar-refractivity contribution in [2.75, 3.05) is 17.8 Å². The van der Waals surface area contributed by atoms with Crippen LogP contribution in [0.15, 0.2) is 53.6 Å². The second-order valence-electron chi connectivity index (χ2n) is 6.30. The number of hydrogen-bond donors (Lipinski definition) is 1. The molecule has 142 valence electrons. The maximum Gasteiger partial charge on any atom is 0.221 e. The average Bonchev–Trinajstić information content (AvgIpc) is 3.11. The van der Waals surface area contributed by atoms with Gasteiger partial charge in [-0.1, -0.05) is 23.8 Å². The lowest BCUT2D eigenvalue weighted by molar-refractivity contribution is -0.121. The van der Waals surface area contributed by atoms with E-state index >= 15 is 0 Å². The molecule has 0 spiro atoms. The Bertz CT molecular complexity index is 879. The maximum absolute atomic E-state index is 12.5. The number of rotatable bonds is 9. The van der Waals surface area contributed by atoms with Crippen molar-refractivity contribution in [3.63, 3.8) is 0 Å². The molecular weight excluding hydrogens is 376 g/mol. The molecule has 0 bridgehead atoms. The number of nitrogens with zero attached hydrogens (tertiary/aromatic N) is 3. The molecule has 0 aliphatic heterocycles. The molecule has 0 saturated carbocycles. The first-order valence-electron chi connectivity index (χ1n) is 8.95. The summed E-state index contributed by atoms with van der Waals surface area (Å²) in [6.45, 7) is 2.07. The Morgan fingerprint density at radius 1 is 1.15 bits per heavy atom. The van der Waals surface area contributed by atoms with Crippen molar-refractivity contribution in [3.8, 4) is 0 Å². The standard InChI is InChI=1S/C20H24N4OS2/c1-15-6-8-16(9-7-15)27-14-11-19(25)21-17(10-13-26-2)20-23-22-18-5-3-4-12-24(18)20/h3-9,12,17H,10-11,13-14H2,1-2H3,(H,21,25). The zero-order valence-electron chi connectivity index (χ0n) is 15.6. The minimum absolute atomic E-state index is 0.0494. The van der Waals surface area contributed by atoms with Gasteiger partial charge in [0.15, 0.2) is 11.5 Å². The van der Waals surface area contributed by atoms with Gasteiger partial charge in [0.25, 0.3) is 0 Å². The number of fused-ring (bicyclic) bond motifs is 1. The molecule has 5 nitrogen and oxygen atoms in total. The predicted octanol–water partition coefficient (Wildman–Crippen LogP) is 4.13. The van der Waals surface area contributed by atoms with Crippen LogP contribution in [0.1, 0.15) is 30.3 Å². The van der Waals surface area contributed by atoms with E-state index in [4.69, 9.17) is 0 Å². The molecule has 2 heterocycles. The van der Waals surface area contributed by atoms with Crippen LogP contribution in [0, 0.1) is 6.92 Å². The topological polar surface area (TPSA) is 59.3 Å². The van der Waals surface area contributed by atoms with Gasteiger partial charge in [-0.05, 0) is 49.6 Å². The number of thioether (sulfide) groups is 2. The van der Waals surface area contributed by atoms with E-state index in [1.165, 1.54) is 10.5 Å². The Balaban J connectivity index is 1.60. The third-order valence-corrected chi connectivity index (χ3v) is 5.87. The van der Waals surface area contributed by atoms with Crippen molar-refractivity contribution in [1.82, 2.24) is 19.9 Å². The largest absolute Gasteiger partial charge is 0.346 e. The monoisotopic (exact) mass is 400 g/mol. The molecule has 1 unspecified atom stereocenters. The van der Waals surface area contributed by atoms with Crippen LogP contribution < -0.4 is 5.32 Å². The first kappa shape index (κ1) is 19.8. The summed E-state index contributed by atoms with van der Waals surface area (Å²) in [5.41, 5.74) is 2.04. The lowest BCUT2D eigenvalue weighted by atomic mass is 10.2. The van der Waals surface area contributed by atoms with Crippen LogP contribution in [0.2, 0.25) is 0 Å². The molecular formula is C20H24N4OS2. The molecule has 0 fully saturated rings. The smallest absolute Gasteiger partial charge is 0.221 e. The number of hydrogen-bond acceptors (Lipinski definition) is 5. The van der Waals surface area contributed by atoms with Gasteiger partial charge in [-0.2, -0.15) is 11.8 Å². The molecule has 2 aromatic heterocycles. The molecule has 27 heavy (non-hydrogen) atoms. The van der Waals surface area contributed by atoms with E-state index in [9.17, 15) is 4.79 Å². The first-order chi connectivity index (χ1) is 13.2. The fourth-order valence-corrected chi connectivity index (χ4v) is 4.08. The zero-order chi connectivity index (χ0) is 19.1. The van der Waals surface area contributed by atoms with Crippen LogP contribution in [-0.2, 0) is 4.79 Å². The summed E-state index contributed by atoms with van der Waals surface area (Å²) < 4.78 is 1.95. The Morgan fingerprint density at radius 2 is 1.96 bits per heavy atom. The van der Waals surface area contributed by atoms with E-state index in [2.05, 4.69) is 53.0 Å². The van der Waals surface area contributed by atoms with Crippen molar-refractivity contribution in [3.05, 3.63) is 60.0 Å². The fourth-order valence-electron chi connectivity index (χ4n) is 2.76. The summed E-state index contributed by atoms with van der Waals surface area (Å²) in [7, 11) is 0. The molecule has 0 aliphatic rings. The first-order valence-corrected chi connectivity index (χ1v) is 11.3. The van der Waals surface area contributed by atoms with Crippen molar-refractivity contribution < 1.29 is 4.79 Å². The molecule has 1 N–H and O–H groups in total. The van der Waals surface area contributed by atoms with Crippen molar-refractivity contribution >= 4 is 35.1 Å². The molecule has 0 aliphatic carbocycles. The average molecular weight is 401 g/mol. The highest BCUT2D eigenvalue weighted by Crippen LogP contribution is 2.21. The van der Waals surface area contributed by atoms with Crippen molar-refractivity contribution in [2.45, 2.75) is 30.7 Å². The van der Waals surface area contributed by atoms with Crippen molar-refractivity contribution in [1.29, 1.82) is 0 Å². The van der Waals surface area contributed by atoms with Crippen LogP contribution in [0.4, 0.5) is 0 Å². The van der Waals surface area contributed by atoms with Crippen LogP contribution in [0.5, 0.6) is 0 Å². The van der Waals surface area contributed by atoms with Gasteiger partial charge in [0.05, 0.1) is 6.04 Å². The number of pyridine rings is 1. The van der Waals surface area contributed by atoms with Gasteiger partial charge in [-0.25, -0.2) is 0 Å². The third kappa shape index (κ3) is 5.49. The van der Waals surface area contributed by atoms with Gasteiger partial charge in [0.2, 0.25) is 5.91 Å². The predicted molar refractivity (Wildman–Crippen MR) is 113 cm³/mol. The molecule has 0 radical (unpaired) electrons. The summed E-state index contributed by atoms with van der Waals surface area (Å²) in [6.07, 6.45) is 5.31. The van der Waals surface area contributed by atoms with Crippen LogP contribution >= 0.6 is 23.5 Å². The number of carbonyl (C=O) groups is 1. The van der Waals surface area contributed by atoms with E-state index < -0.39 is 0 Å². The molecule has 3 rings (SSSR count). The number of amides is 1. The van der Waals surface area contributed by atoms with Gasteiger partial charge in [-0.15, -0.1) is 22.0 Å². The highest BCUT2D eigenvalue weighted by Gasteiger charge is 2.20. The summed E-state index contributed by atoms with van der Waals surface area (Å²) in [4.78, 5) is 13.7. The van der Waals surface area contributed by atoms with E-state index in [1.54, 1.807) is 23.5 Å². The lowest BCUT2D eigenvalue weighted by Crippen LogP contribution is -2.30. The molecule has 7 heteroatoms. The highest BCUT2D eigenvalue weighted by atomic mass is 32.2. The van der Waals surface area contributed by atoms with Gasteiger partial charge in [0, 0.05) is 23.3 Å². The van der Waals surface area contributed by atoms with Gasteiger partial charge in [0.1, 0.15) is 0 Å². The van der Waals surface area contributed by atoms with Gasteiger partial charge < -0.3 is 5.32 Å². The summed E-state index contributed by atoms with van der Waals surface area (Å²) in [6, 6.07) is 14.1. The molecule has 1 aromatic carbocycles.